The van der Waals surface area contributed by atoms with Crippen LogP contribution < -0.4 is 5.32 Å². The molecule has 1 unspecified atom stereocenters. The van der Waals surface area contributed by atoms with Crippen molar-refractivity contribution in [2.45, 2.75) is 31.3 Å². The quantitative estimate of drug-likeness (QED) is 0.774. The fraction of sp³-hybridized carbons (Fsp3) is 0.700. The van der Waals surface area contributed by atoms with Crippen molar-refractivity contribution in [1.29, 1.82) is 0 Å². The molecule has 0 saturated carbocycles. The average Bonchev–Trinajstić information content (AvgIpc) is 2.55. The Morgan fingerprint density at radius 3 is 3.21 bits per heavy atom. The Morgan fingerprint density at radius 1 is 1.50 bits per heavy atom. The molecule has 1 atom stereocenters. The molecule has 1 aromatic heterocycles. The lowest BCUT2D eigenvalue weighted by atomic mass is 9.91. The molecular weight excluding hydrogens is 196 g/mol. The fourth-order valence-electron chi connectivity index (χ4n) is 1.94. The zero-order valence-electron chi connectivity index (χ0n) is 8.20. The van der Waals surface area contributed by atoms with Gasteiger partial charge in [-0.15, -0.1) is 11.3 Å². The van der Waals surface area contributed by atoms with E-state index in [1.165, 1.54) is 4.88 Å². The molecule has 1 aromatic rings. The third-order valence-corrected chi connectivity index (χ3v) is 3.53. The Hall–Kier alpha value is -0.450. The maximum absolute atomic E-state index is 10.4. The molecule has 1 aliphatic rings. The standard InChI is InChI=1S/C10H16N2OS/c13-10(2-1-4-11-5-3-10)6-9-7-12-8-14-9/h7-8,11,13H,1-6H2. The summed E-state index contributed by atoms with van der Waals surface area (Å²) in [7, 11) is 0. The van der Waals surface area contributed by atoms with E-state index in [1.54, 1.807) is 11.3 Å². The smallest absolute Gasteiger partial charge is 0.0794 e. The van der Waals surface area contributed by atoms with E-state index in [0.29, 0.717) is 0 Å². The van der Waals surface area contributed by atoms with Crippen molar-refractivity contribution in [2.75, 3.05) is 13.1 Å². The van der Waals surface area contributed by atoms with Crippen LogP contribution in [0.25, 0.3) is 0 Å². The van der Waals surface area contributed by atoms with Crippen LogP contribution in [0.5, 0.6) is 0 Å². The summed E-state index contributed by atoms with van der Waals surface area (Å²) in [4.78, 5) is 5.22. The minimum atomic E-state index is -0.504. The van der Waals surface area contributed by atoms with Gasteiger partial charge in [-0.25, -0.2) is 0 Å². The number of aliphatic hydroxyl groups is 1. The van der Waals surface area contributed by atoms with Crippen LogP contribution in [-0.2, 0) is 6.42 Å². The van der Waals surface area contributed by atoms with E-state index in [0.717, 1.165) is 38.8 Å². The first kappa shape index (κ1) is 10.1. The molecule has 0 aromatic carbocycles. The van der Waals surface area contributed by atoms with Crippen LogP contribution >= 0.6 is 11.3 Å². The monoisotopic (exact) mass is 212 g/mol. The van der Waals surface area contributed by atoms with Crippen LogP contribution in [0.2, 0.25) is 0 Å². The number of aromatic nitrogens is 1. The average molecular weight is 212 g/mol. The summed E-state index contributed by atoms with van der Waals surface area (Å²) in [5, 5.41) is 13.7. The normalized spacial score (nSPS) is 28.6. The third kappa shape index (κ3) is 2.53. The third-order valence-electron chi connectivity index (χ3n) is 2.75. The Labute approximate surface area is 88.2 Å². The van der Waals surface area contributed by atoms with Crippen molar-refractivity contribution in [3.05, 3.63) is 16.6 Å². The SMILES string of the molecule is OC1(Cc2cncs2)CCCNCC1. The van der Waals surface area contributed by atoms with E-state index in [9.17, 15) is 5.11 Å². The minimum Gasteiger partial charge on any atom is -0.389 e. The van der Waals surface area contributed by atoms with Gasteiger partial charge in [0, 0.05) is 17.5 Å². The number of nitrogens with one attached hydrogen (secondary N) is 1. The Balaban J connectivity index is 1.99. The fourth-order valence-corrected chi connectivity index (χ4v) is 2.67. The van der Waals surface area contributed by atoms with E-state index in [4.69, 9.17) is 0 Å². The van der Waals surface area contributed by atoms with Gasteiger partial charge in [-0.2, -0.15) is 0 Å². The highest BCUT2D eigenvalue weighted by Gasteiger charge is 2.28. The molecule has 0 aliphatic carbocycles. The van der Waals surface area contributed by atoms with Gasteiger partial charge >= 0.3 is 0 Å². The second-order valence-corrected chi connectivity index (χ2v) is 4.94. The minimum absolute atomic E-state index is 0.504. The molecule has 0 radical (unpaired) electrons. The summed E-state index contributed by atoms with van der Waals surface area (Å²) in [6.45, 7) is 1.96. The second kappa shape index (κ2) is 4.38. The molecule has 2 rings (SSSR count). The maximum Gasteiger partial charge on any atom is 0.0794 e. The van der Waals surface area contributed by atoms with E-state index in [-0.39, 0.29) is 0 Å². The van der Waals surface area contributed by atoms with Gasteiger partial charge in [-0.1, -0.05) is 0 Å². The maximum atomic E-state index is 10.4. The van der Waals surface area contributed by atoms with Gasteiger partial charge in [-0.05, 0) is 32.4 Å². The lowest BCUT2D eigenvalue weighted by Gasteiger charge is -2.25. The van der Waals surface area contributed by atoms with Gasteiger partial charge in [0.25, 0.3) is 0 Å². The van der Waals surface area contributed by atoms with Crippen LogP contribution in [0.4, 0.5) is 0 Å². The predicted octanol–water partition coefficient (Wildman–Crippen LogP) is 1.19. The summed E-state index contributed by atoms with van der Waals surface area (Å²) in [5.41, 5.74) is 1.32. The zero-order valence-corrected chi connectivity index (χ0v) is 9.02. The first-order valence-corrected chi connectivity index (χ1v) is 5.97. The first-order chi connectivity index (χ1) is 6.79. The number of hydrogen-bond donors (Lipinski definition) is 2. The number of hydrogen-bond acceptors (Lipinski definition) is 4. The van der Waals surface area contributed by atoms with Gasteiger partial charge in [0.1, 0.15) is 0 Å². The van der Waals surface area contributed by atoms with Crippen molar-refractivity contribution < 1.29 is 5.11 Å². The second-order valence-electron chi connectivity index (χ2n) is 3.97. The van der Waals surface area contributed by atoms with E-state index >= 15 is 0 Å². The summed E-state index contributed by atoms with van der Waals surface area (Å²) >= 11 is 1.63. The Morgan fingerprint density at radius 2 is 2.43 bits per heavy atom. The summed E-state index contributed by atoms with van der Waals surface area (Å²) in [6.07, 6.45) is 5.44. The molecular formula is C10H16N2OS. The molecule has 0 amide bonds. The highest BCUT2D eigenvalue weighted by atomic mass is 32.1. The van der Waals surface area contributed by atoms with Crippen molar-refractivity contribution >= 4 is 11.3 Å². The molecule has 0 bridgehead atoms. The Kier molecular flexibility index (Phi) is 3.15. The van der Waals surface area contributed by atoms with Gasteiger partial charge < -0.3 is 10.4 Å². The van der Waals surface area contributed by atoms with Crippen molar-refractivity contribution in [3.8, 4) is 0 Å². The van der Waals surface area contributed by atoms with E-state index in [2.05, 4.69) is 10.3 Å². The van der Waals surface area contributed by atoms with Crippen LogP contribution in [0.1, 0.15) is 24.1 Å². The topological polar surface area (TPSA) is 45.2 Å². The Bertz CT molecular complexity index is 266. The van der Waals surface area contributed by atoms with Crippen LogP contribution in [0, 0.1) is 0 Å². The van der Waals surface area contributed by atoms with Gasteiger partial charge in [0.15, 0.2) is 0 Å². The lowest BCUT2D eigenvalue weighted by Crippen LogP contribution is -2.32. The molecule has 0 spiro atoms. The number of thiazole rings is 1. The summed E-state index contributed by atoms with van der Waals surface area (Å²) in [5.74, 6) is 0. The largest absolute Gasteiger partial charge is 0.389 e. The molecule has 14 heavy (non-hydrogen) atoms. The predicted molar refractivity (Wildman–Crippen MR) is 57.5 cm³/mol. The molecule has 2 N–H and O–H groups in total. The molecule has 78 valence electrons. The van der Waals surface area contributed by atoms with Crippen LogP contribution in [-0.4, -0.2) is 28.8 Å². The zero-order chi connectivity index (χ0) is 9.86. The highest BCUT2D eigenvalue weighted by molar-refractivity contribution is 7.09. The van der Waals surface area contributed by atoms with Crippen LogP contribution in [0.3, 0.4) is 0 Å². The molecule has 3 nitrogen and oxygen atoms in total. The summed E-state index contributed by atoms with van der Waals surface area (Å²) in [6, 6.07) is 0. The van der Waals surface area contributed by atoms with Crippen molar-refractivity contribution in [1.82, 2.24) is 10.3 Å². The number of nitrogens with zero attached hydrogens (tertiary/aromatic N) is 1. The highest BCUT2D eigenvalue weighted by Crippen LogP contribution is 2.25. The number of rotatable bonds is 2. The molecule has 1 saturated heterocycles. The van der Waals surface area contributed by atoms with Crippen molar-refractivity contribution in [2.24, 2.45) is 0 Å². The lowest BCUT2D eigenvalue weighted by molar-refractivity contribution is 0.0292. The van der Waals surface area contributed by atoms with Gasteiger partial charge in [0.05, 0.1) is 11.1 Å². The van der Waals surface area contributed by atoms with Crippen molar-refractivity contribution in [3.63, 3.8) is 0 Å². The molecule has 1 fully saturated rings. The van der Waals surface area contributed by atoms with E-state index < -0.39 is 5.60 Å². The summed E-state index contributed by atoms with van der Waals surface area (Å²) < 4.78 is 0. The van der Waals surface area contributed by atoms with Gasteiger partial charge in [-0.3, -0.25) is 4.98 Å². The van der Waals surface area contributed by atoms with Gasteiger partial charge in [0.2, 0.25) is 0 Å². The van der Waals surface area contributed by atoms with E-state index in [1.807, 2.05) is 11.7 Å². The molecule has 1 aliphatic heterocycles. The molecule has 2 heterocycles. The van der Waals surface area contributed by atoms with Crippen LogP contribution in [0.15, 0.2) is 11.7 Å². The first-order valence-electron chi connectivity index (χ1n) is 5.09. The molecule has 4 heteroatoms.